The second-order valence-corrected chi connectivity index (χ2v) is 21.0. The van der Waals surface area contributed by atoms with Crippen LogP contribution in [0.15, 0.2) is 0 Å². The molecule has 0 N–H and O–H groups in total. The fourth-order valence-corrected chi connectivity index (χ4v) is 9.51. The lowest BCUT2D eigenvalue weighted by Crippen LogP contribution is -2.30. The van der Waals surface area contributed by atoms with Crippen LogP contribution in [-0.4, -0.2) is 37.2 Å². The summed E-state index contributed by atoms with van der Waals surface area (Å²) >= 11 is 0. The standard InChI is InChI=1S/C61H118O6/c1-4-7-10-13-16-18-20-22-24-26-28-29-30-31-33-34-36-38-40-42-45-48-51-54-60(63)66-57-58(56-65-59(62)53-50-47-44-15-12-9-6-3)67-61(64)55-52-49-46-43-41-39-37-35-32-27-25-23-21-19-17-14-11-8-5-2/h58H,4-57H2,1-3H3. The van der Waals surface area contributed by atoms with E-state index < -0.39 is 6.10 Å². The van der Waals surface area contributed by atoms with Crippen LogP contribution in [0.2, 0.25) is 0 Å². The Morgan fingerprint density at radius 2 is 0.403 bits per heavy atom. The van der Waals surface area contributed by atoms with Crippen LogP contribution >= 0.6 is 0 Å². The number of carbonyl (C=O) groups is 3. The molecule has 0 aliphatic heterocycles. The van der Waals surface area contributed by atoms with Gasteiger partial charge in [0.2, 0.25) is 0 Å². The molecule has 0 aromatic rings. The normalized spacial score (nSPS) is 11.9. The predicted molar refractivity (Wildman–Crippen MR) is 289 cm³/mol. The van der Waals surface area contributed by atoms with Gasteiger partial charge in [-0.05, 0) is 19.3 Å². The maximum Gasteiger partial charge on any atom is 0.306 e. The molecule has 0 aliphatic rings. The van der Waals surface area contributed by atoms with E-state index in [1.54, 1.807) is 0 Å². The monoisotopic (exact) mass is 947 g/mol. The van der Waals surface area contributed by atoms with Crippen LogP contribution in [0.3, 0.4) is 0 Å². The van der Waals surface area contributed by atoms with Crippen LogP contribution in [0, 0.1) is 0 Å². The Balaban J connectivity index is 4.07. The van der Waals surface area contributed by atoms with Crippen LogP contribution in [0.4, 0.5) is 0 Å². The molecule has 0 radical (unpaired) electrons. The lowest BCUT2D eigenvalue weighted by Gasteiger charge is -2.18. The minimum Gasteiger partial charge on any atom is -0.462 e. The van der Waals surface area contributed by atoms with Crippen molar-refractivity contribution in [3.05, 3.63) is 0 Å². The van der Waals surface area contributed by atoms with Crippen molar-refractivity contribution in [3.8, 4) is 0 Å². The van der Waals surface area contributed by atoms with Gasteiger partial charge in [0.05, 0.1) is 0 Å². The number of esters is 3. The first-order valence-electron chi connectivity index (χ1n) is 30.5. The summed E-state index contributed by atoms with van der Waals surface area (Å²) in [6.45, 7) is 6.67. The van der Waals surface area contributed by atoms with Crippen molar-refractivity contribution in [2.75, 3.05) is 13.2 Å². The molecule has 6 heteroatoms. The predicted octanol–water partition coefficient (Wildman–Crippen LogP) is 20.3. The van der Waals surface area contributed by atoms with Crippen LogP contribution in [-0.2, 0) is 28.6 Å². The SMILES string of the molecule is CCCCCCCCCCCCCCCCCCCCCCCCCC(=O)OCC(COC(=O)CCCCCCCCC)OC(=O)CCCCCCCCCCCCCCCCCCCCC. The van der Waals surface area contributed by atoms with Gasteiger partial charge in [0.15, 0.2) is 6.10 Å². The summed E-state index contributed by atoms with van der Waals surface area (Å²) in [5.74, 6) is -0.839. The number of hydrogen-bond donors (Lipinski definition) is 0. The average Bonchev–Trinajstić information content (AvgIpc) is 3.33. The topological polar surface area (TPSA) is 78.9 Å². The summed E-state index contributed by atoms with van der Waals surface area (Å²) in [6, 6.07) is 0. The third kappa shape index (κ3) is 55.2. The minimum absolute atomic E-state index is 0.0617. The Hall–Kier alpha value is -1.59. The first kappa shape index (κ1) is 65.4. The highest BCUT2D eigenvalue weighted by atomic mass is 16.6. The van der Waals surface area contributed by atoms with Crippen molar-refractivity contribution in [3.63, 3.8) is 0 Å². The third-order valence-corrected chi connectivity index (χ3v) is 14.1. The van der Waals surface area contributed by atoms with Crippen LogP contribution < -0.4 is 0 Å². The zero-order valence-electron chi connectivity index (χ0n) is 45.7. The number of carbonyl (C=O) groups excluding carboxylic acids is 3. The van der Waals surface area contributed by atoms with E-state index >= 15 is 0 Å². The Morgan fingerprint density at radius 3 is 0.597 bits per heavy atom. The van der Waals surface area contributed by atoms with E-state index in [1.165, 1.54) is 257 Å². The Morgan fingerprint density at radius 1 is 0.239 bits per heavy atom. The van der Waals surface area contributed by atoms with Gasteiger partial charge < -0.3 is 14.2 Å². The van der Waals surface area contributed by atoms with Crippen molar-refractivity contribution in [2.24, 2.45) is 0 Å². The van der Waals surface area contributed by atoms with Gasteiger partial charge in [-0.3, -0.25) is 14.4 Å². The number of unbranched alkanes of at least 4 members (excludes halogenated alkanes) is 46. The van der Waals surface area contributed by atoms with Gasteiger partial charge in [0, 0.05) is 19.3 Å². The van der Waals surface area contributed by atoms with Gasteiger partial charge in [0.25, 0.3) is 0 Å². The van der Waals surface area contributed by atoms with Crippen molar-refractivity contribution < 1.29 is 28.6 Å². The molecule has 0 rings (SSSR count). The highest BCUT2D eigenvalue weighted by Crippen LogP contribution is 2.18. The molecule has 67 heavy (non-hydrogen) atoms. The van der Waals surface area contributed by atoms with E-state index in [9.17, 15) is 14.4 Å². The molecule has 0 aromatic heterocycles. The zero-order chi connectivity index (χ0) is 48.6. The molecular weight excluding hydrogens is 829 g/mol. The van der Waals surface area contributed by atoms with E-state index in [0.29, 0.717) is 19.3 Å². The van der Waals surface area contributed by atoms with E-state index in [2.05, 4.69) is 20.8 Å². The van der Waals surface area contributed by atoms with Crippen LogP contribution in [0.25, 0.3) is 0 Å². The van der Waals surface area contributed by atoms with E-state index in [-0.39, 0.29) is 31.1 Å². The summed E-state index contributed by atoms with van der Waals surface area (Å²) in [4.78, 5) is 38.0. The second kappa shape index (κ2) is 57.0. The highest BCUT2D eigenvalue weighted by Gasteiger charge is 2.19. The zero-order valence-corrected chi connectivity index (χ0v) is 45.7. The first-order chi connectivity index (χ1) is 33.0. The van der Waals surface area contributed by atoms with Crippen molar-refractivity contribution in [2.45, 2.75) is 361 Å². The summed E-state index contributed by atoms with van der Waals surface area (Å²) in [5.41, 5.74) is 0. The maximum atomic E-state index is 12.8. The molecule has 0 heterocycles. The van der Waals surface area contributed by atoms with Crippen molar-refractivity contribution in [1.29, 1.82) is 0 Å². The first-order valence-corrected chi connectivity index (χ1v) is 30.5. The van der Waals surface area contributed by atoms with Gasteiger partial charge in [-0.1, -0.05) is 316 Å². The number of rotatable bonds is 57. The minimum atomic E-state index is -0.760. The van der Waals surface area contributed by atoms with Crippen LogP contribution in [0.1, 0.15) is 355 Å². The summed E-state index contributed by atoms with van der Waals surface area (Å²) in [6.07, 6.45) is 64.2. The molecule has 0 saturated heterocycles. The van der Waals surface area contributed by atoms with Crippen molar-refractivity contribution >= 4 is 17.9 Å². The lowest BCUT2D eigenvalue weighted by atomic mass is 10.0. The molecule has 1 unspecified atom stereocenters. The van der Waals surface area contributed by atoms with E-state index in [4.69, 9.17) is 14.2 Å². The molecule has 0 saturated carbocycles. The van der Waals surface area contributed by atoms with Gasteiger partial charge in [-0.25, -0.2) is 0 Å². The van der Waals surface area contributed by atoms with Gasteiger partial charge in [0.1, 0.15) is 13.2 Å². The fraction of sp³-hybridized carbons (Fsp3) is 0.951. The Kier molecular flexibility index (Phi) is 55.6. The lowest BCUT2D eigenvalue weighted by molar-refractivity contribution is -0.167. The molecule has 0 fully saturated rings. The molecule has 1 atom stereocenters. The molecule has 0 amide bonds. The maximum absolute atomic E-state index is 12.8. The quantitative estimate of drug-likeness (QED) is 0.0343. The highest BCUT2D eigenvalue weighted by molar-refractivity contribution is 5.71. The molecule has 0 bridgehead atoms. The second-order valence-electron chi connectivity index (χ2n) is 21.0. The fourth-order valence-electron chi connectivity index (χ4n) is 9.51. The average molecular weight is 948 g/mol. The molecule has 0 aliphatic carbocycles. The summed E-state index contributed by atoms with van der Waals surface area (Å²) in [7, 11) is 0. The van der Waals surface area contributed by atoms with Crippen molar-refractivity contribution in [1.82, 2.24) is 0 Å². The van der Waals surface area contributed by atoms with Gasteiger partial charge >= 0.3 is 17.9 Å². The van der Waals surface area contributed by atoms with Gasteiger partial charge in [-0.15, -0.1) is 0 Å². The Bertz CT molecular complexity index is 998. The number of hydrogen-bond acceptors (Lipinski definition) is 6. The Labute approximate surface area is 418 Å². The largest absolute Gasteiger partial charge is 0.462 e. The van der Waals surface area contributed by atoms with Gasteiger partial charge in [-0.2, -0.15) is 0 Å². The third-order valence-electron chi connectivity index (χ3n) is 14.1. The molecule has 0 aromatic carbocycles. The molecule has 6 nitrogen and oxygen atoms in total. The summed E-state index contributed by atoms with van der Waals surface area (Å²) in [5, 5.41) is 0. The van der Waals surface area contributed by atoms with Crippen LogP contribution in [0.5, 0.6) is 0 Å². The van der Waals surface area contributed by atoms with E-state index in [1.807, 2.05) is 0 Å². The van der Waals surface area contributed by atoms with E-state index in [0.717, 1.165) is 57.8 Å². The number of ether oxygens (including phenoxy) is 3. The summed E-state index contributed by atoms with van der Waals surface area (Å²) < 4.78 is 16.8. The smallest absolute Gasteiger partial charge is 0.306 e. The molecule has 0 spiro atoms. The molecular formula is C61H118O6. The molecule has 398 valence electrons.